The maximum absolute atomic E-state index is 12.4. The normalized spacial score (nSPS) is 13.3. The molecule has 2 amide bonds. The topological polar surface area (TPSA) is 68.1 Å². The van der Waals surface area contributed by atoms with Crippen LogP contribution in [0.2, 0.25) is 0 Å². The average Bonchev–Trinajstić information content (AvgIpc) is 3.19. The van der Waals surface area contributed by atoms with E-state index in [0.29, 0.717) is 24.1 Å². The van der Waals surface area contributed by atoms with Crippen molar-refractivity contribution in [3.8, 4) is 11.4 Å². The summed E-state index contributed by atoms with van der Waals surface area (Å²) in [6, 6.07) is 15.2. The van der Waals surface area contributed by atoms with Crippen molar-refractivity contribution >= 4 is 23.6 Å². The number of aromatic nitrogens is 3. The Hall–Kier alpha value is -2.93. The number of carbonyl (C=O) groups is 2. The van der Waals surface area contributed by atoms with Crippen LogP contribution < -0.4 is 0 Å². The lowest BCUT2D eigenvalue weighted by atomic mass is 10.1. The van der Waals surface area contributed by atoms with E-state index in [2.05, 4.69) is 29.3 Å². The Morgan fingerprint density at radius 1 is 0.929 bits per heavy atom. The van der Waals surface area contributed by atoms with Crippen molar-refractivity contribution in [2.45, 2.75) is 18.5 Å². The molecule has 4 rings (SSSR count). The van der Waals surface area contributed by atoms with Gasteiger partial charge < -0.3 is 4.57 Å². The number of rotatable bonds is 6. The number of hydrogen-bond acceptors (Lipinski definition) is 5. The minimum atomic E-state index is -0.203. The van der Waals surface area contributed by atoms with Crippen LogP contribution in [0.15, 0.2) is 53.7 Å². The van der Waals surface area contributed by atoms with Crippen molar-refractivity contribution in [1.82, 2.24) is 19.7 Å². The number of imide groups is 1. The summed E-state index contributed by atoms with van der Waals surface area (Å²) in [4.78, 5) is 26.1. The fourth-order valence-electron chi connectivity index (χ4n) is 3.22. The highest BCUT2D eigenvalue weighted by atomic mass is 32.2. The molecule has 0 saturated carbocycles. The van der Waals surface area contributed by atoms with Gasteiger partial charge in [-0.15, -0.1) is 10.2 Å². The third kappa shape index (κ3) is 3.33. The van der Waals surface area contributed by atoms with Crippen LogP contribution in [0, 0.1) is 6.92 Å². The smallest absolute Gasteiger partial charge is 0.261 e. The van der Waals surface area contributed by atoms with Crippen LogP contribution in [0.3, 0.4) is 0 Å². The van der Waals surface area contributed by atoms with Gasteiger partial charge in [0.25, 0.3) is 11.8 Å². The summed E-state index contributed by atoms with van der Waals surface area (Å²) in [5.41, 5.74) is 3.22. The maximum Gasteiger partial charge on any atom is 0.261 e. The van der Waals surface area contributed by atoms with Gasteiger partial charge in [-0.2, -0.15) is 0 Å². The SMILES string of the molecule is Cc1ccc(-c2nnc(SCCCN3C(=O)c4ccccc4C3=O)n2C)cc1. The van der Waals surface area contributed by atoms with E-state index in [9.17, 15) is 9.59 Å². The van der Waals surface area contributed by atoms with Gasteiger partial charge in [0.2, 0.25) is 0 Å². The zero-order valence-corrected chi connectivity index (χ0v) is 16.6. The molecule has 0 spiro atoms. The van der Waals surface area contributed by atoms with Crippen LogP contribution in [0.5, 0.6) is 0 Å². The molecule has 0 unspecified atom stereocenters. The van der Waals surface area contributed by atoms with Gasteiger partial charge in [0.1, 0.15) is 0 Å². The predicted molar refractivity (Wildman–Crippen MR) is 108 cm³/mol. The minimum Gasteiger partial charge on any atom is -0.305 e. The molecule has 6 nitrogen and oxygen atoms in total. The van der Waals surface area contributed by atoms with Gasteiger partial charge >= 0.3 is 0 Å². The lowest BCUT2D eigenvalue weighted by molar-refractivity contribution is 0.0655. The standard InChI is InChI=1S/C21H20N4O2S/c1-14-8-10-15(11-9-14)18-22-23-21(24(18)2)28-13-5-12-25-19(26)16-6-3-4-7-17(16)20(25)27/h3-4,6-11H,5,12-13H2,1-2H3. The zero-order valence-electron chi connectivity index (χ0n) is 15.8. The lowest BCUT2D eigenvalue weighted by Gasteiger charge is -2.13. The van der Waals surface area contributed by atoms with Crippen molar-refractivity contribution in [3.63, 3.8) is 0 Å². The third-order valence-electron chi connectivity index (χ3n) is 4.78. The quantitative estimate of drug-likeness (QED) is 0.364. The molecule has 0 bridgehead atoms. The molecule has 0 N–H and O–H groups in total. The van der Waals surface area contributed by atoms with Crippen LogP contribution >= 0.6 is 11.8 Å². The van der Waals surface area contributed by atoms with Gasteiger partial charge in [0, 0.05) is 24.9 Å². The highest BCUT2D eigenvalue weighted by molar-refractivity contribution is 7.99. The van der Waals surface area contributed by atoms with Crippen LogP contribution in [-0.2, 0) is 7.05 Å². The summed E-state index contributed by atoms with van der Waals surface area (Å²) in [5, 5.41) is 9.39. The number of benzene rings is 2. The Bertz CT molecular complexity index is 1010. The van der Waals surface area contributed by atoms with E-state index >= 15 is 0 Å². The molecule has 142 valence electrons. The fourth-order valence-corrected chi connectivity index (χ4v) is 4.06. The largest absolute Gasteiger partial charge is 0.305 e. The number of nitrogens with zero attached hydrogens (tertiary/aromatic N) is 4. The van der Waals surface area contributed by atoms with E-state index in [4.69, 9.17) is 0 Å². The van der Waals surface area contributed by atoms with Crippen LogP contribution in [-0.4, -0.2) is 43.8 Å². The van der Waals surface area contributed by atoms with Gasteiger partial charge in [-0.1, -0.05) is 53.7 Å². The van der Waals surface area contributed by atoms with E-state index < -0.39 is 0 Å². The first kappa shape index (κ1) is 18.4. The average molecular weight is 392 g/mol. The first-order valence-corrected chi connectivity index (χ1v) is 10.1. The molecular formula is C21H20N4O2S. The molecule has 3 aromatic rings. The second-order valence-electron chi connectivity index (χ2n) is 6.74. The van der Waals surface area contributed by atoms with Crippen molar-refractivity contribution < 1.29 is 9.59 Å². The van der Waals surface area contributed by atoms with Gasteiger partial charge in [0.15, 0.2) is 11.0 Å². The first-order chi connectivity index (χ1) is 13.6. The predicted octanol–water partition coefficient (Wildman–Crippen LogP) is 3.57. The Labute approximate surface area is 167 Å². The molecule has 0 radical (unpaired) electrons. The van der Waals surface area contributed by atoms with Crippen LogP contribution in [0.25, 0.3) is 11.4 Å². The summed E-state index contributed by atoms with van der Waals surface area (Å²) < 4.78 is 1.97. The summed E-state index contributed by atoms with van der Waals surface area (Å²) in [6.45, 7) is 2.46. The third-order valence-corrected chi connectivity index (χ3v) is 5.89. The number of aryl methyl sites for hydroxylation is 1. The van der Waals surface area contributed by atoms with Crippen molar-refractivity contribution in [2.24, 2.45) is 7.05 Å². The number of amides is 2. The summed E-state index contributed by atoms with van der Waals surface area (Å²) in [5.74, 6) is 1.16. The Morgan fingerprint density at radius 3 is 2.21 bits per heavy atom. The molecule has 1 aromatic heterocycles. The van der Waals surface area contributed by atoms with Gasteiger partial charge in [-0.05, 0) is 25.5 Å². The lowest BCUT2D eigenvalue weighted by Crippen LogP contribution is -2.31. The number of carbonyl (C=O) groups excluding carboxylic acids is 2. The van der Waals surface area contributed by atoms with E-state index in [0.717, 1.165) is 22.3 Å². The molecule has 28 heavy (non-hydrogen) atoms. The molecule has 2 heterocycles. The molecule has 2 aromatic carbocycles. The highest BCUT2D eigenvalue weighted by Crippen LogP contribution is 2.25. The van der Waals surface area contributed by atoms with Crippen molar-refractivity contribution in [3.05, 3.63) is 65.2 Å². The molecule has 1 aliphatic rings. The Morgan fingerprint density at radius 2 is 1.57 bits per heavy atom. The fraction of sp³-hybridized carbons (Fsp3) is 0.238. The zero-order chi connectivity index (χ0) is 19.7. The summed E-state index contributed by atoms with van der Waals surface area (Å²) in [7, 11) is 1.95. The Kier molecular flexibility index (Phi) is 5.00. The van der Waals surface area contributed by atoms with E-state index in [1.165, 1.54) is 10.5 Å². The van der Waals surface area contributed by atoms with Gasteiger partial charge in [-0.25, -0.2) is 0 Å². The Balaban J connectivity index is 1.35. The molecule has 0 fully saturated rings. The van der Waals surface area contributed by atoms with Crippen LogP contribution in [0.1, 0.15) is 32.7 Å². The summed E-state index contributed by atoms with van der Waals surface area (Å²) in [6.07, 6.45) is 0.697. The molecule has 0 aliphatic carbocycles. The number of thioether (sulfide) groups is 1. The van der Waals surface area contributed by atoms with E-state index in [1.54, 1.807) is 36.0 Å². The van der Waals surface area contributed by atoms with E-state index in [-0.39, 0.29) is 11.8 Å². The first-order valence-electron chi connectivity index (χ1n) is 9.10. The molecule has 0 atom stereocenters. The van der Waals surface area contributed by atoms with Gasteiger partial charge in [0.05, 0.1) is 11.1 Å². The molecule has 0 saturated heterocycles. The second-order valence-corrected chi connectivity index (χ2v) is 7.80. The minimum absolute atomic E-state index is 0.203. The number of hydrogen-bond donors (Lipinski definition) is 0. The number of fused-ring (bicyclic) bond motifs is 1. The monoisotopic (exact) mass is 392 g/mol. The highest BCUT2D eigenvalue weighted by Gasteiger charge is 2.34. The van der Waals surface area contributed by atoms with Crippen molar-refractivity contribution in [2.75, 3.05) is 12.3 Å². The molecule has 7 heteroatoms. The molecule has 1 aliphatic heterocycles. The van der Waals surface area contributed by atoms with E-state index in [1.807, 2.05) is 23.7 Å². The van der Waals surface area contributed by atoms with Gasteiger partial charge in [-0.3, -0.25) is 14.5 Å². The van der Waals surface area contributed by atoms with Crippen LogP contribution in [0.4, 0.5) is 0 Å². The molecular weight excluding hydrogens is 372 g/mol. The summed E-state index contributed by atoms with van der Waals surface area (Å²) >= 11 is 1.58. The maximum atomic E-state index is 12.4. The van der Waals surface area contributed by atoms with Crippen molar-refractivity contribution in [1.29, 1.82) is 0 Å². The second kappa shape index (κ2) is 7.59.